The summed E-state index contributed by atoms with van der Waals surface area (Å²) in [4.78, 5) is 0. The Morgan fingerprint density at radius 2 is 1.77 bits per heavy atom. The van der Waals surface area contributed by atoms with Gasteiger partial charge in [-0.15, -0.1) is 0 Å². The van der Waals surface area contributed by atoms with Crippen molar-refractivity contribution in [1.82, 2.24) is 0 Å². The van der Waals surface area contributed by atoms with E-state index < -0.39 is 0 Å². The zero-order valence-corrected chi connectivity index (χ0v) is 26.0. The molecule has 0 spiro atoms. The quantitative estimate of drug-likeness (QED) is 0.368. The molecule has 1 heterocycles. The predicted molar refractivity (Wildman–Crippen MR) is 186 cm³/mol. The molecule has 2 nitrogen and oxygen atoms in total. The number of aryl methyl sites for hydroxylation is 1. The highest BCUT2D eigenvalue weighted by Crippen LogP contribution is 2.43. The molecule has 2 heteroatoms. The average molecular weight is 580 g/mol. The van der Waals surface area contributed by atoms with Crippen LogP contribution < -0.4 is 5.32 Å². The Balaban J connectivity index is 1.10. The highest BCUT2D eigenvalue weighted by molar-refractivity contribution is 5.80. The largest absolute Gasteiger partial charge is 0.461 e. The maximum Gasteiger partial charge on any atom is 0.130 e. The van der Waals surface area contributed by atoms with Crippen molar-refractivity contribution in [2.45, 2.75) is 95.4 Å². The summed E-state index contributed by atoms with van der Waals surface area (Å²) in [5.74, 6) is 3.21. The fraction of sp³-hybridized carbons (Fsp3) is 0.381. The third-order valence-electron chi connectivity index (χ3n) is 10.7. The zero-order valence-electron chi connectivity index (χ0n) is 26.0. The van der Waals surface area contributed by atoms with Gasteiger partial charge < -0.3 is 9.73 Å². The lowest BCUT2D eigenvalue weighted by molar-refractivity contribution is 0.494. The predicted octanol–water partition coefficient (Wildman–Crippen LogP) is 11.2. The van der Waals surface area contributed by atoms with E-state index >= 15 is 0 Å². The molecule has 8 rings (SSSR count). The van der Waals surface area contributed by atoms with Crippen LogP contribution in [0.1, 0.15) is 110 Å². The maximum absolute atomic E-state index is 6.40. The fourth-order valence-electron chi connectivity index (χ4n) is 8.31. The Morgan fingerprint density at radius 3 is 2.68 bits per heavy atom. The molecule has 1 aromatic heterocycles. The molecule has 0 saturated carbocycles. The van der Waals surface area contributed by atoms with Crippen molar-refractivity contribution < 1.29 is 4.42 Å². The number of fused-ring (bicyclic) bond motifs is 3. The average Bonchev–Trinajstić information content (AvgIpc) is 3.47. The summed E-state index contributed by atoms with van der Waals surface area (Å²) < 4.78 is 6.40. The molecule has 0 radical (unpaired) electrons. The van der Waals surface area contributed by atoms with Gasteiger partial charge in [-0.3, -0.25) is 0 Å². The molecular weight excluding hydrogens is 534 g/mol. The van der Waals surface area contributed by atoms with Gasteiger partial charge in [0.25, 0.3) is 0 Å². The zero-order chi connectivity index (χ0) is 29.3. The van der Waals surface area contributed by atoms with E-state index in [4.69, 9.17) is 4.42 Å². The summed E-state index contributed by atoms with van der Waals surface area (Å²) in [7, 11) is 0. The molecule has 1 aromatic carbocycles. The Bertz CT molecular complexity index is 1680. The van der Waals surface area contributed by atoms with Gasteiger partial charge in [-0.25, -0.2) is 0 Å². The van der Waals surface area contributed by atoms with Crippen LogP contribution in [0.15, 0.2) is 100 Å². The smallest absolute Gasteiger partial charge is 0.130 e. The minimum atomic E-state index is 0.332. The second kappa shape index (κ2) is 12.3. The molecule has 0 bridgehead atoms. The number of hydrogen-bond donors (Lipinski definition) is 1. The number of rotatable bonds is 6. The van der Waals surface area contributed by atoms with Crippen molar-refractivity contribution in [3.05, 3.63) is 129 Å². The van der Waals surface area contributed by atoms with Crippen LogP contribution in [0.5, 0.6) is 0 Å². The lowest BCUT2D eigenvalue weighted by atomic mass is 9.78. The van der Waals surface area contributed by atoms with Crippen molar-refractivity contribution in [2.24, 2.45) is 5.92 Å². The van der Waals surface area contributed by atoms with Gasteiger partial charge in [-0.1, -0.05) is 78.5 Å². The molecule has 2 aromatic rings. The van der Waals surface area contributed by atoms with Gasteiger partial charge in [0.05, 0.1) is 0 Å². The normalized spacial score (nSPS) is 25.9. The van der Waals surface area contributed by atoms with E-state index in [9.17, 15) is 0 Å². The number of furan rings is 1. The standard InChI is InChI=1S/C42H45NO/c1-3-11-29(12-4-1)30-13-9-14-31(25-30)33-22-24-40(43-36-17-5-2-6-18-36)39(27-33)35-16-10-15-32(26-35)34-21-23-38-37-19-7-8-20-41(37)44-42(38)28-34/h2,5-7,10-11,15-17,19,22,24-25,27-28,31-32,36,43H,1,3-4,8-9,12-14,18,20-21,23,26H2. The van der Waals surface area contributed by atoms with Gasteiger partial charge >= 0.3 is 0 Å². The molecule has 0 saturated heterocycles. The van der Waals surface area contributed by atoms with Crippen LogP contribution in [-0.4, -0.2) is 6.04 Å². The lowest BCUT2D eigenvalue weighted by Crippen LogP contribution is -2.18. The van der Waals surface area contributed by atoms with E-state index in [1.54, 1.807) is 11.1 Å². The summed E-state index contributed by atoms with van der Waals surface area (Å²) in [6.45, 7) is 0. The molecular formula is C42H45NO. The number of anilines is 1. The van der Waals surface area contributed by atoms with Crippen molar-refractivity contribution in [3.8, 4) is 0 Å². The van der Waals surface area contributed by atoms with Crippen molar-refractivity contribution >= 4 is 23.4 Å². The van der Waals surface area contributed by atoms with Gasteiger partial charge in [-0.2, -0.15) is 0 Å². The first kappa shape index (κ1) is 27.7. The number of hydrogen-bond acceptors (Lipinski definition) is 2. The molecule has 44 heavy (non-hydrogen) atoms. The molecule has 0 fully saturated rings. The minimum absolute atomic E-state index is 0.332. The number of nitrogens with one attached hydrogen (secondary N) is 1. The van der Waals surface area contributed by atoms with Crippen LogP contribution >= 0.6 is 0 Å². The Hall–Kier alpha value is -3.78. The lowest BCUT2D eigenvalue weighted by Gasteiger charge is -2.28. The van der Waals surface area contributed by atoms with Crippen LogP contribution in [0.3, 0.4) is 0 Å². The van der Waals surface area contributed by atoms with Gasteiger partial charge in [-0.05, 0) is 118 Å². The van der Waals surface area contributed by atoms with Gasteiger partial charge in [0, 0.05) is 46.7 Å². The van der Waals surface area contributed by atoms with Crippen molar-refractivity contribution in [3.63, 3.8) is 0 Å². The summed E-state index contributed by atoms with van der Waals surface area (Å²) in [5, 5.41) is 3.91. The number of allylic oxidation sites excluding steroid dienone is 12. The van der Waals surface area contributed by atoms with E-state index in [0.717, 1.165) is 44.3 Å². The molecule has 0 amide bonds. The molecule has 1 N–H and O–H groups in total. The first-order valence-electron chi connectivity index (χ1n) is 17.3. The second-order valence-electron chi connectivity index (χ2n) is 13.6. The monoisotopic (exact) mass is 579 g/mol. The fourth-order valence-corrected chi connectivity index (χ4v) is 8.31. The van der Waals surface area contributed by atoms with Crippen LogP contribution in [0.4, 0.5) is 5.69 Å². The minimum Gasteiger partial charge on any atom is -0.461 e. The summed E-state index contributed by atoms with van der Waals surface area (Å²) in [6, 6.07) is 7.65. The summed E-state index contributed by atoms with van der Waals surface area (Å²) >= 11 is 0. The van der Waals surface area contributed by atoms with E-state index in [1.165, 1.54) is 89.8 Å². The molecule has 3 unspecified atom stereocenters. The Morgan fingerprint density at radius 1 is 0.795 bits per heavy atom. The van der Waals surface area contributed by atoms with Crippen LogP contribution in [0.25, 0.3) is 17.7 Å². The van der Waals surface area contributed by atoms with Gasteiger partial charge in [0.15, 0.2) is 0 Å². The van der Waals surface area contributed by atoms with Crippen molar-refractivity contribution in [1.29, 1.82) is 0 Å². The summed E-state index contributed by atoms with van der Waals surface area (Å²) in [5.41, 5.74) is 13.1. The van der Waals surface area contributed by atoms with E-state index in [-0.39, 0.29) is 0 Å². The highest BCUT2D eigenvalue weighted by Gasteiger charge is 2.27. The van der Waals surface area contributed by atoms with E-state index in [2.05, 4.69) is 96.4 Å². The molecule has 3 atom stereocenters. The number of benzene rings is 1. The maximum atomic E-state index is 6.40. The molecule has 224 valence electrons. The van der Waals surface area contributed by atoms with Gasteiger partial charge in [0.1, 0.15) is 11.5 Å². The topological polar surface area (TPSA) is 25.2 Å². The molecule has 0 aliphatic heterocycles. The Labute approximate surface area is 263 Å². The van der Waals surface area contributed by atoms with E-state index in [1.807, 2.05) is 0 Å². The van der Waals surface area contributed by atoms with Crippen LogP contribution in [0.2, 0.25) is 0 Å². The van der Waals surface area contributed by atoms with Gasteiger partial charge in [0.2, 0.25) is 0 Å². The van der Waals surface area contributed by atoms with Crippen LogP contribution in [0, 0.1) is 5.92 Å². The third-order valence-corrected chi connectivity index (χ3v) is 10.7. The van der Waals surface area contributed by atoms with Crippen molar-refractivity contribution in [2.75, 3.05) is 5.32 Å². The Kier molecular flexibility index (Phi) is 7.76. The second-order valence-corrected chi connectivity index (χ2v) is 13.6. The van der Waals surface area contributed by atoms with Crippen LogP contribution in [-0.2, 0) is 12.8 Å². The molecule has 6 aliphatic carbocycles. The first-order valence-corrected chi connectivity index (χ1v) is 17.3. The van der Waals surface area contributed by atoms with E-state index in [0.29, 0.717) is 17.9 Å². The third kappa shape index (κ3) is 5.60. The first-order chi connectivity index (χ1) is 21.8. The summed E-state index contributed by atoms with van der Waals surface area (Å²) in [6.07, 6.45) is 43.5. The molecule has 6 aliphatic rings. The highest BCUT2D eigenvalue weighted by atomic mass is 16.3. The SMILES string of the molecule is C1=CCC(Nc2ccc(C3C=C(C4=CCCCC4)CCC3)cc2C2=CC=CC(C3=Cc4oc5c(c4CC3)C=CCC5)C2)C=C1.